The molecule has 0 radical (unpaired) electrons. The lowest BCUT2D eigenvalue weighted by molar-refractivity contribution is -0.385. The van der Waals surface area contributed by atoms with Crippen molar-refractivity contribution in [1.82, 2.24) is 14.8 Å². The van der Waals surface area contributed by atoms with Crippen LogP contribution in [0.5, 0.6) is 0 Å². The number of rotatable bonds is 9. The second-order valence-corrected chi connectivity index (χ2v) is 8.29. The molecule has 0 saturated heterocycles. The van der Waals surface area contributed by atoms with Gasteiger partial charge in [-0.3, -0.25) is 19.7 Å². The van der Waals surface area contributed by atoms with Gasteiger partial charge in [0.1, 0.15) is 5.82 Å². The number of carbonyl (C=O) groups excluding carboxylic acids is 2. The van der Waals surface area contributed by atoms with Gasteiger partial charge in [0, 0.05) is 23.9 Å². The highest BCUT2D eigenvalue weighted by Crippen LogP contribution is 2.24. The zero-order valence-corrected chi connectivity index (χ0v) is 19.4. The van der Waals surface area contributed by atoms with Gasteiger partial charge in [-0.2, -0.15) is 0 Å². The number of thioether (sulfide) groups is 1. The molecule has 12 heteroatoms. The van der Waals surface area contributed by atoms with E-state index in [4.69, 9.17) is 11.6 Å². The molecule has 33 heavy (non-hydrogen) atoms. The first-order valence-corrected chi connectivity index (χ1v) is 11.3. The minimum atomic E-state index is -0.493. The zero-order valence-electron chi connectivity index (χ0n) is 17.9. The van der Waals surface area contributed by atoms with Crippen molar-refractivity contribution in [3.63, 3.8) is 0 Å². The van der Waals surface area contributed by atoms with E-state index in [1.165, 1.54) is 6.07 Å². The Kier molecular flexibility index (Phi) is 8.01. The van der Waals surface area contributed by atoms with Crippen molar-refractivity contribution in [2.75, 3.05) is 16.4 Å². The monoisotopic (exact) mass is 488 g/mol. The fourth-order valence-electron chi connectivity index (χ4n) is 2.99. The Labute approximate surface area is 198 Å². The lowest BCUT2D eigenvalue weighted by Gasteiger charge is -2.09. The number of hydrogen-bond acceptors (Lipinski definition) is 7. The van der Waals surface area contributed by atoms with Crippen molar-refractivity contribution in [3.05, 3.63) is 69.0 Å². The molecule has 0 fully saturated rings. The summed E-state index contributed by atoms with van der Waals surface area (Å²) in [5.41, 5.74) is 1.29. The number of aryl methyl sites for hydroxylation is 1. The Morgan fingerprint density at radius 3 is 2.61 bits per heavy atom. The van der Waals surface area contributed by atoms with Gasteiger partial charge in [-0.25, -0.2) is 0 Å². The smallest absolute Gasteiger partial charge is 0.274 e. The Bertz CT molecular complexity index is 1200. The van der Waals surface area contributed by atoms with E-state index in [0.29, 0.717) is 39.5 Å². The molecule has 0 bridgehead atoms. The molecule has 0 saturated carbocycles. The average Bonchev–Trinajstić information content (AvgIpc) is 3.16. The second-order valence-electron chi connectivity index (χ2n) is 6.94. The highest BCUT2D eigenvalue weighted by atomic mass is 35.5. The van der Waals surface area contributed by atoms with Crippen LogP contribution in [-0.4, -0.2) is 37.3 Å². The van der Waals surface area contributed by atoms with Gasteiger partial charge in [-0.15, -0.1) is 10.2 Å². The molecule has 0 aliphatic heterocycles. The van der Waals surface area contributed by atoms with Gasteiger partial charge in [0.05, 0.1) is 27.8 Å². The first-order chi connectivity index (χ1) is 15.8. The molecule has 2 amide bonds. The lowest BCUT2D eigenvalue weighted by atomic mass is 10.2. The molecule has 2 aromatic carbocycles. The van der Waals surface area contributed by atoms with Gasteiger partial charge in [0.15, 0.2) is 5.16 Å². The second kappa shape index (κ2) is 10.9. The number of nitrogens with zero attached hydrogens (tertiary/aromatic N) is 4. The summed E-state index contributed by atoms with van der Waals surface area (Å²) in [5.74, 6) is -0.160. The predicted molar refractivity (Wildman–Crippen MR) is 127 cm³/mol. The van der Waals surface area contributed by atoms with E-state index in [1.807, 2.05) is 6.92 Å². The van der Waals surface area contributed by atoms with Crippen LogP contribution in [0.1, 0.15) is 18.3 Å². The maximum absolute atomic E-state index is 12.4. The minimum absolute atomic E-state index is 0.00808. The number of aromatic nitrogens is 3. The molecule has 10 nitrogen and oxygen atoms in total. The van der Waals surface area contributed by atoms with Gasteiger partial charge in [-0.05, 0) is 32.0 Å². The van der Waals surface area contributed by atoms with Crippen LogP contribution < -0.4 is 10.6 Å². The Hall–Kier alpha value is -3.44. The molecule has 0 atom stereocenters. The van der Waals surface area contributed by atoms with Gasteiger partial charge in [0.25, 0.3) is 5.69 Å². The van der Waals surface area contributed by atoms with E-state index >= 15 is 0 Å². The van der Waals surface area contributed by atoms with Crippen LogP contribution in [0.3, 0.4) is 0 Å². The van der Waals surface area contributed by atoms with E-state index < -0.39 is 4.92 Å². The summed E-state index contributed by atoms with van der Waals surface area (Å²) in [7, 11) is 0. The Balaban J connectivity index is 1.60. The molecule has 1 aromatic heterocycles. The van der Waals surface area contributed by atoms with Gasteiger partial charge in [0.2, 0.25) is 11.8 Å². The number of halogens is 1. The number of carbonyl (C=O) groups is 2. The lowest BCUT2D eigenvalue weighted by Crippen LogP contribution is -2.18. The first kappa shape index (κ1) is 24.2. The van der Waals surface area contributed by atoms with Crippen molar-refractivity contribution in [1.29, 1.82) is 0 Å². The van der Waals surface area contributed by atoms with Crippen molar-refractivity contribution in [2.45, 2.75) is 32.0 Å². The van der Waals surface area contributed by atoms with Crippen LogP contribution in [0.4, 0.5) is 17.1 Å². The number of benzene rings is 2. The summed E-state index contributed by atoms with van der Waals surface area (Å²) >= 11 is 7.23. The van der Waals surface area contributed by atoms with Crippen molar-refractivity contribution in [3.8, 4) is 0 Å². The summed E-state index contributed by atoms with van der Waals surface area (Å²) < 4.78 is 1.75. The third kappa shape index (κ3) is 6.30. The molecule has 3 aromatic rings. The van der Waals surface area contributed by atoms with E-state index in [9.17, 15) is 19.7 Å². The fraction of sp³-hybridized carbons (Fsp3) is 0.238. The number of amides is 2. The summed E-state index contributed by atoms with van der Waals surface area (Å²) in [6.45, 7) is 4.02. The molecule has 3 rings (SSSR count). The Morgan fingerprint density at radius 1 is 1.15 bits per heavy atom. The molecular formula is C21H21ClN6O4S. The normalized spacial score (nSPS) is 10.6. The molecule has 0 aliphatic carbocycles. The molecule has 2 N–H and O–H groups in total. The SMILES string of the molecule is CCn1c(CC(=O)Nc2ccccc2Cl)nnc1SCC(=O)Nc1ccc(C)c([N+](=O)[O-])c1. The third-order valence-electron chi connectivity index (χ3n) is 4.60. The quantitative estimate of drug-likeness (QED) is 0.263. The maximum atomic E-state index is 12.4. The predicted octanol–water partition coefficient (Wildman–Crippen LogP) is 4.08. The molecular weight excluding hydrogens is 468 g/mol. The number of nitro benzene ring substituents is 1. The van der Waals surface area contributed by atoms with Gasteiger partial charge < -0.3 is 15.2 Å². The topological polar surface area (TPSA) is 132 Å². The maximum Gasteiger partial charge on any atom is 0.274 e. The van der Waals surface area contributed by atoms with Crippen LogP contribution in [0.2, 0.25) is 5.02 Å². The minimum Gasteiger partial charge on any atom is -0.325 e. The van der Waals surface area contributed by atoms with Crippen LogP contribution >= 0.6 is 23.4 Å². The van der Waals surface area contributed by atoms with Gasteiger partial charge in [-0.1, -0.05) is 41.6 Å². The molecule has 0 aliphatic rings. The van der Waals surface area contributed by atoms with E-state index in [2.05, 4.69) is 20.8 Å². The first-order valence-electron chi connectivity index (χ1n) is 9.92. The summed E-state index contributed by atoms with van der Waals surface area (Å²) in [4.78, 5) is 35.3. The van der Waals surface area contributed by atoms with Crippen LogP contribution in [0, 0.1) is 17.0 Å². The standard InChI is InChI=1S/C21H21ClN6O4S/c1-3-27-18(11-19(29)24-16-7-5-4-6-15(16)22)25-26-21(27)33-12-20(30)23-14-9-8-13(2)17(10-14)28(31)32/h4-10H,3,11-12H2,1-2H3,(H,23,30)(H,24,29). The number of para-hydroxylation sites is 1. The van der Waals surface area contributed by atoms with Crippen molar-refractivity contribution < 1.29 is 14.5 Å². The van der Waals surface area contributed by atoms with E-state index in [0.717, 1.165) is 11.8 Å². The molecule has 1 heterocycles. The summed E-state index contributed by atoms with van der Waals surface area (Å²) in [6.07, 6.45) is -0.00808. The highest BCUT2D eigenvalue weighted by Gasteiger charge is 2.17. The Morgan fingerprint density at radius 2 is 1.91 bits per heavy atom. The van der Waals surface area contributed by atoms with Crippen LogP contribution in [0.25, 0.3) is 0 Å². The highest BCUT2D eigenvalue weighted by molar-refractivity contribution is 7.99. The summed E-state index contributed by atoms with van der Waals surface area (Å²) in [5, 5.41) is 25.6. The number of hydrogen-bond donors (Lipinski definition) is 2. The fourth-order valence-corrected chi connectivity index (χ4v) is 3.99. The largest absolute Gasteiger partial charge is 0.325 e. The van der Waals surface area contributed by atoms with E-state index in [1.54, 1.807) is 47.9 Å². The van der Waals surface area contributed by atoms with Crippen molar-refractivity contribution >= 4 is 52.2 Å². The van der Waals surface area contributed by atoms with E-state index in [-0.39, 0.29) is 29.7 Å². The molecule has 0 unspecified atom stereocenters. The number of nitro groups is 1. The molecule has 172 valence electrons. The average molecular weight is 489 g/mol. The van der Waals surface area contributed by atoms with Crippen LogP contribution in [0.15, 0.2) is 47.6 Å². The van der Waals surface area contributed by atoms with Crippen LogP contribution in [-0.2, 0) is 22.6 Å². The van der Waals surface area contributed by atoms with Crippen molar-refractivity contribution in [2.24, 2.45) is 0 Å². The third-order valence-corrected chi connectivity index (χ3v) is 5.89. The number of nitrogens with one attached hydrogen (secondary N) is 2. The summed E-state index contributed by atoms with van der Waals surface area (Å²) in [6, 6.07) is 11.4. The number of anilines is 2. The zero-order chi connectivity index (χ0) is 24.0. The molecule has 0 spiro atoms. The van der Waals surface area contributed by atoms with Gasteiger partial charge >= 0.3 is 0 Å².